The Morgan fingerprint density at radius 2 is 2.15 bits per heavy atom. The second-order valence-corrected chi connectivity index (χ2v) is 5.24. The predicted molar refractivity (Wildman–Crippen MR) is 63.3 cm³/mol. The average molecular weight is 262 g/mol. The van der Waals surface area contributed by atoms with E-state index in [4.69, 9.17) is 0 Å². The van der Waals surface area contributed by atoms with Crippen LogP contribution in [-0.4, -0.2) is 7.05 Å². The second-order valence-electron chi connectivity index (χ2n) is 3.65. The van der Waals surface area contributed by atoms with E-state index in [1.54, 1.807) is 11.3 Å². The van der Waals surface area contributed by atoms with Crippen LogP contribution < -0.4 is 5.32 Å². The topological polar surface area (TPSA) is 12.0 Å². The van der Waals surface area contributed by atoms with Crippen LogP contribution in [0.1, 0.15) is 31.9 Å². The maximum atomic E-state index is 3.57. The highest BCUT2D eigenvalue weighted by Crippen LogP contribution is 2.30. The van der Waals surface area contributed by atoms with Crippen molar-refractivity contribution in [3.63, 3.8) is 0 Å². The van der Waals surface area contributed by atoms with Gasteiger partial charge in [0.05, 0.1) is 0 Å². The Morgan fingerprint density at radius 1 is 1.46 bits per heavy atom. The molecule has 0 aliphatic carbocycles. The summed E-state index contributed by atoms with van der Waals surface area (Å²) in [7, 11) is 2.02. The zero-order chi connectivity index (χ0) is 9.84. The van der Waals surface area contributed by atoms with E-state index >= 15 is 0 Å². The highest BCUT2D eigenvalue weighted by Gasteiger charge is 2.14. The fourth-order valence-corrected chi connectivity index (χ4v) is 3.04. The van der Waals surface area contributed by atoms with E-state index in [9.17, 15) is 0 Å². The van der Waals surface area contributed by atoms with E-state index in [0.717, 1.165) is 5.92 Å². The Bertz CT molecular complexity index is 257. The summed E-state index contributed by atoms with van der Waals surface area (Å²) in [6.45, 7) is 4.51. The summed E-state index contributed by atoms with van der Waals surface area (Å²) in [5.41, 5.74) is 1.39. The molecule has 0 bridgehead atoms. The van der Waals surface area contributed by atoms with Crippen molar-refractivity contribution in [2.24, 2.45) is 5.92 Å². The summed E-state index contributed by atoms with van der Waals surface area (Å²) in [5.74, 6) is 0.726. The molecule has 13 heavy (non-hydrogen) atoms. The van der Waals surface area contributed by atoms with Crippen LogP contribution in [0.15, 0.2) is 15.2 Å². The third-order valence-electron chi connectivity index (χ3n) is 2.07. The molecule has 74 valence electrons. The highest BCUT2D eigenvalue weighted by atomic mass is 79.9. The first kappa shape index (κ1) is 11.2. The molecule has 1 nitrogen and oxygen atoms in total. The molecular weight excluding hydrogens is 246 g/mol. The molecular formula is C10H16BrNS. The first-order chi connectivity index (χ1) is 6.15. The summed E-state index contributed by atoms with van der Waals surface area (Å²) in [6, 6.07) is 0.487. The van der Waals surface area contributed by atoms with Gasteiger partial charge in [-0.1, -0.05) is 13.8 Å². The van der Waals surface area contributed by atoms with Crippen LogP contribution in [0.3, 0.4) is 0 Å². The van der Waals surface area contributed by atoms with E-state index in [0.29, 0.717) is 6.04 Å². The molecule has 1 atom stereocenters. The van der Waals surface area contributed by atoms with Crippen LogP contribution in [-0.2, 0) is 0 Å². The lowest BCUT2D eigenvalue weighted by atomic mass is 9.99. The van der Waals surface area contributed by atoms with Crippen LogP contribution in [0, 0.1) is 5.92 Å². The largest absolute Gasteiger partial charge is 0.313 e. The molecule has 0 aliphatic heterocycles. The number of thiophene rings is 1. The molecule has 0 aliphatic rings. The van der Waals surface area contributed by atoms with Crippen LogP contribution in [0.4, 0.5) is 0 Å². The monoisotopic (exact) mass is 261 g/mol. The summed E-state index contributed by atoms with van der Waals surface area (Å²) >= 11 is 5.32. The number of halogens is 1. The zero-order valence-electron chi connectivity index (χ0n) is 8.30. The molecule has 1 unspecified atom stereocenters. The number of hydrogen-bond acceptors (Lipinski definition) is 2. The Labute approximate surface area is 92.7 Å². The fourth-order valence-electron chi connectivity index (χ4n) is 1.41. The lowest BCUT2D eigenvalue weighted by molar-refractivity contribution is 0.456. The van der Waals surface area contributed by atoms with Gasteiger partial charge >= 0.3 is 0 Å². The Balaban J connectivity index is 2.72. The molecule has 0 spiro atoms. The molecule has 0 saturated heterocycles. The lowest BCUT2D eigenvalue weighted by Gasteiger charge is -2.17. The molecule has 3 heteroatoms. The maximum Gasteiger partial charge on any atom is 0.0339 e. The third-order valence-corrected chi connectivity index (χ3v) is 3.82. The number of nitrogens with one attached hydrogen (secondary N) is 1. The van der Waals surface area contributed by atoms with Crippen LogP contribution >= 0.6 is 27.3 Å². The SMILES string of the molecule is CNC(CC(C)C)c1cscc1Br. The van der Waals surface area contributed by atoms with Crippen molar-refractivity contribution in [2.75, 3.05) is 7.05 Å². The van der Waals surface area contributed by atoms with Gasteiger partial charge in [-0.05, 0) is 46.3 Å². The molecule has 0 radical (unpaired) electrons. The van der Waals surface area contributed by atoms with Crippen molar-refractivity contribution in [2.45, 2.75) is 26.3 Å². The second kappa shape index (κ2) is 5.13. The zero-order valence-corrected chi connectivity index (χ0v) is 10.7. The smallest absolute Gasteiger partial charge is 0.0339 e. The van der Waals surface area contributed by atoms with Gasteiger partial charge in [0.15, 0.2) is 0 Å². The van der Waals surface area contributed by atoms with E-state index in [-0.39, 0.29) is 0 Å². The van der Waals surface area contributed by atoms with Crippen molar-refractivity contribution in [3.8, 4) is 0 Å². The van der Waals surface area contributed by atoms with Gasteiger partial charge in [-0.3, -0.25) is 0 Å². The molecule has 1 N–H and O–H groups in total. The quantitative estimate of drug-likeness (QED) is 0.869. The summed E-state index contributed by atoms with van der Waals surface area (Å²) in [5, 5.41) is 7.71. The minimum atomic E-state index is 0.487. The van der Waals surface area contributed by atoms with Gasteiger partial charge in [-0.2, -0.15) is 11.3 Å². The van der Waals surface area contributed by atoms with E-state index < -0.39 is 0 Å². The van der Waals surface area contributed by atoms with Crippen LogP contribution in [0.5, 0.6) is 0 Å². The minimum absolute atomic E-state index is 0.487. The fraction of sp³-hybridized carbons (Fsp3) is 0.600. The van der Waals surface area contributed by atoms with Crippen LogP contribution in [0.2, 0.25) is 0 Å². The molecule has 0 fully saturated rings. The molecule has 1 aromatic rings. The first-order valence-corrected chi connectivity index (χ1v) is 6.27. The predicted octanol–water partition coefficient (Wildman–Crippen LogP) is 3.82. The summed E-state index contributed by atoms with van der Waals surface area (Å²) in [6.07, 6.45) is 1.19. The van der Waals surface area contributed by atoms with Crippen molar-refractivity contribution >= 4 is 27.3 Å². The molecule has 1 rings (SSSR count). The summed E-state index contributed by atoms with van der Waals surface area (Å²) < 4.78 is 1.23. The first-order valence-electron chi connectivity index (χ1n) is 4.54. The van der Waals surface area contributed by atoms with Crippen LogP contribution in [0.25, 0.3) is 0 Å². The minimum Gasteiger partial charge on any atom is -0.313 e. The van der Waals surface area contributed by atoms with Gasteiger partial charge in [0, 0.05) is 15.9 Å². The Kier molecular flexibility index (Phi) is 4.42. The molecule has 1 aromatic heterocycles. The number of rotatable bonds is 4. The average Bonchev–Trinajstić information content (AvgIpc) is 2.47. The van der Waals surface area contributed by atoms with Crippen molar-refractivity contribution < 1.29 is 0 Å². The van der Waals surface area contributed by atoms with Crippen molar-refractivity contribution in [1.82, 2.24) is 5.32 Å². The maximum absolute atomic E-state index is 3.57. The van der Waals surface area contributed by atoms with Crippen molar-refractivity contribution in [3.05, 3.63) is 20.8 Å². The van der Waals surface area contributed by atoms with Gasteiger partial charge < -0.3 is 5.32 Å². The normalized spacial score (nSPS) is 13.6. The third kappa shape index (κ3) is 3.08. The van der Waals surface area contributed by atoms with E-state index in [1.165, 1.54) is 16.5 Å². The highest BCUT2D eigenvalue weighted by molar-refractivity contribution is 9.10. The standard InChI is InChI=1S/C10H16BrNS/c1-7(2)4-10(12-3)8-5-13-6-9(8)11/h5-7,10,12H,4H2,1-3H3. The van der Waals surface area contributed by atoms with E-state index in [1.807, 2.05) is 7.05 Å². The number of hydrogen-bond donors (Lipinski definition) is 1. The molecule has 0 amide bonds. The van der Waals surface area contributed by atoms with Gasteiger partial charge in [0.2, 0.25) is 0 Å². The molecule has 1 heterocycles. The lowest BCUT2D eigenvalue weighted by Crippen LogP contribution is -2.17. The summed E-state index contributed by atoms with van der Waals surface area (Å²) in [4.78, 5) is 0. The molecule has 0 aromatic carbocycles. The van der Waals surface area contributed by atoms with Gasteiger partial charge in [0.1, 0.15) is 0 Å². The van der Waals surface area contributed by atoms with Crippen molar-refractivity contribution in [1.29, 1.82) is 0 Å². The van der Waals surface area contributed by atoms with Gasteiger partial charge in [-0.25, -0.2) is 0 Å². The van der Waals surface area contributed by atoms with Gasteiger partial charge in [0.25, 0.3) is 0 Å². The molecule has 0 saturated carbocycles. The van der Waals surface area contributed by atoms with Gasteiger partial charge in [-0.15, -0.1) is 0 Å². The Morgan fingerprint density at radius 3 is 2.54 bits per heavy atom. The van der Waals surface area contributed by atoms with E-state index in [2.05, 4.69) is 45.9 Å². The Hall–Kier alpha value is 0.140.